The van der Waals surface area contributed by atoms with Gasteiger partial charge >= 0.3 is 0 Å². The molecule has 1 unspecified atom stereocenters. The highest BCUT2D eigenvalue weighted by Gasteiger charge is 2.20. The number of hydrogen-bond donors (Lipinski definition) is 2. The molecule has 0 aromatic carbocycles. The fourth-order valence-electron chi connectivity index (χ4n) is 2.15. The van der Waals surface area contributed by atoms with Crippen LogP contribution in [0.25, 0.3) is 0 Å². The maximum atomic E-state index is 11.3. The molecule has 1 rings (SSSR count). The molecule has 0 saturated carbocycles. The Bertz CT molecular complexity index is 196. The second kappa shape index (κ2) is 6.80. The normalized spacial score (nSPS) is 22.7. The first-order chi connectivity index (χ1) is 7.27. The molecule has 1 aliphatic heterocycles. The molecule has 88 valence electrons. The van der Waals surface area contributed by atoms with Crippen molar-refractivity contribution in [3.8, 4) is 0 Å². The smallest absolute Gasteiger partial charge is 0.221 e. The predicted molar refractivity (Wildman–Crippen MR) is 61.6 cm³/mol. The summed E-state index contributed by atoms with van der Waals surface area (Å²) in [6.07, 6.45) is 4.31. The van der Waals surface area contributed by atoms with E-state index in [2.05, 4.69) is 10.2 Å². The summed E-state index contributed by atoms with van der Waals surface area (Å²) in [7, 11) is 0. The van der Waals surface area contributed by atoms with E-state index in [1.807, 2.05) is 6.92 Å². The van der Waals surface area contributed by atoms with E-state index in [1.165, 1.54) is 19.3 Å². The lowest BCUT2D eigenvalue weighted by Gasteiger charge is -2.34. The van der Waals surface area contributed by atoms with Crippen LogP contribution in [-0.2, 0) is 4.79 Å². The van der Waals surface area contributed by atoms with E-state index in [0.717, 1.165) is 26.2 Å². The molecular formula is C11H23N3O. The van der Waals surface area contributed by atoms with Gasteiger partial charge in [-0.3, -0.25) is 9.69 Å². The number of hydrogen-bond acceptors (Lipinski definition) is 3. The summed E-state index contributed by atoms with van der Waals surface area (Å²) in [6, 6.07) is 0.494. The van der Waals surface area contributed by atoms with Gasteiger partial charge in [-0.05, 0) is 26.3 Å². The predicted octanol–water partition coefficient (Wildman–Crippen LogP) is 0.326. The number of carbonyl (C=O) groups excluding carboxylic acids is 1. The van der Waals surface area contributed by atoms with Gasteiger partial charge in [0, 0.05) is 32.1 Å². The van der Waals surface area contributed by atoms with E-state index in [-0.39, 0.29) is 5.91 Å². The Morgan fingerprint density at radius 2 is 2.33 bits per heavy atom. The average molecular weight is 213 g/mol. The van der Waals surface area contributed by atoms with Crippen LogP contribution < -0.4 is 11.1 Å². The summed E-state index contributed by atoms with van der Waals surface area (Å²) in [5, 5.41) is 2.82. The molecule has 1 fully saturated rings. The Morgan fingerprint density at radius 1 is 1.53 bits per heavy atom. The van der Waals surface area contributed by atoms with Crippen LogP contribution in [0, 0.1) is 0 Å². The number of nitrogens with one attached hydrogen (secondary N) is 1. The molecule has 15 heavy (non-hydrogen) atoms. The van der Waals surface area contributed by atoms with Crippen LogP contribution in [0.4, 0.5) is 0 Å². The Morgan fingerprint density at radius 3 is 3.00 bits per heavy atom. The van der Waals surface area contributed by atoms with E-state index in [0.29, 0.717) is 12.5 Å². The Balaban J connectivity index is 2.26. The third kappa shape index (κ3) is 4.18. The number of piperidine rings is 1. The van der Waals surface area contributed by atoms with E-state index in [4.69, 9.17) is 5.73 Å². The van der Waals surface area contributed by atoms with Crippen LogP contribution in [-0.4, -0.2) is 43.0 Å². The number of amides is 1. The van der Waals surface area contributed by atoms with E-state index in [9.17, 15) is 4.79 Å². The largest absolute Gasteiger partial charge is 0.356 e. The van der Waals surface area contributed by atoms with Crippen LogP contribution >= 0.6 is 0 Å². The maximum absolute atomic E-state index is 11.3. The highest BCUT2D eigenvalue weighted by atomic mass is 16.1. The molecule has 1 aliphatic rings. The van der Waals surface area contributed by atoms with Gasteiger partial charge in [-0.2, -0.15) is 0 Å². The van der Waals surface area contributed by atoms with Gasteiger partial charge < -0.3 is 11.1 Å². The molecule has 0 aromatic rings. The molecular weight excluding hydrogens is 190 g/mol. The molecule has 1 saturated heterocycles. The molecule has 0 spiro atoms. The van der Waals surface area contributed by atoms with Crippen LogP contribution in [0.2, 0.25) is 0 Å². The SMILES string of the molecule is CCNC(=O)CCN1CCCCC1CN. The van der Waals surface area contributed by atoms with Crippen molar-refractivity contribution >= 4 is 5.91 Å². The highest BCUT2D eigenvalue weighted by Crippen LogP contribution is 2.15. The van der Waals surface area contributed by atoms with Crippen molar-refractivity contribution in [2.45, 2.75) is 38.6 Å². The van der Waals surface area contributed by atoms with E-state index >= 15 is 0 Å². The van der Waals surface area contributed by atoms with Gasteiger partial charge in [0.25, 0.3) is 0 Å². The first kappa shape index (κ1) is 12.5. The van der Waals surface area contributed by atoms with Crippen molar-refractivity contribution in [1.82, 2.24) is 10.2 Å². The summed E-state index contributed by atoms with van der Waals surface area (Å²) < 4.78 is 0. The molecule has 4 nitrogen and oxygen atoms in total. The minimum absolute atomic E-state index is 0.152. The third-order valence-electron chi connectivity index (χ3n) is 3.02. The Hall–Kier alpha value is -0.610. The lowest BCUT2D eigenvalue weighted by Crippen LogP contribution is -2.45. The summed E-state index contributed by atoms with van der Waals surface area (Å²) >= 11 is 0. The first-order valence-corrected chi connectivity index (χ1v) is 5.98. The van der Waals surface area contributed by atoms with Crippen molar-refractivity contribution in [3.05, 3.63) is 0 Å². The van der Waals surface area contributed by atoms with Gasteiger partial charge in [-0.1, -0.05) is 6.42 Å². The zero-order valence-corrected chi connectivity index (χ0v) is 9.67. The maximum Gasteiger partial charge on any atom is 0.221 e. The fraction of sp³-hybridized carbons (Fsp3) is 0.909. The summed E-state index contributed by atoms with van der Waals surface area (Å²) in [6.45, 7) is 5.34. The number of rotatable bonds is 5. The molecule has 0 aliphatic carbocycles. The zero-order chi connectivity index (χ0) is 11.1. The van der Waals surface area contributed by atoms with Crippen molar-refractivity contribution in [3.63, 3.8) is 0 Å². The number of likely N-dealkylation sites (tertiary alicyclic amines) is 1. The van der Waals surface area contributed by atoms with Gasteiger partial charge in [-0.15, -0.1) is 0 Å². The van der Waals surface area contributed by atoms with E-state index < -0.39 is 0 Å². The number of nitrogens with two attached hydrogens (primary N) is 1. The van der Waals surface area contributed by atoms with Crippen molar-refractivity contribution in [1.29, 1.82) is 0 Å². The van der Waals surface area contributed by atoms with Crippen LogP contribution in [0.1, 0.15) is 32.6 Å². The third-order valence-corrected chi connectivity index (χ3v) is 3.02. The van der Waals surface area contributed by atoms with Crippen LogP contribution in [0.15, 0.2) is 0 Å². The fourth-order valence-corrected chi connectivity index (χ4v) is 2.15. The summed E-state index contributed by atoms with van der Waals surface area (Å²) in [5.41, 5.74) is 5.72. The van der Waals surface area contributed by atoms with Gasteiger partial charge in [0.15, 0.2) is 0 Å². The van der Waals surface area contributed by atoms with Gasteiger partial charge in [0.05, 0.1) is 0 Å². The highest BCUT2D eigenvalue weighted by molar-refractivity contribution is 5.75. The average Bonchev–Trinajstić information content (AvgIpc) is 2.27. The van der Waals surface area contributed by atoms with Crippen molar-refractivity contribution < 1.29 is 4.79 Å². The summed E-state index contributed by atoms with van der Waals surface area (Å²) in [4.78, 5) is 13.7. The van der Waals surface area contributed by atoms with Gasteiger partial charge in [0.2, 0.25) is 5.91 Å². The van der Waals surface area contributed by atoms with Crippen molar-refractivity contribution in [2.75, 3.05) is 26.2 Å². The molecule has 3 N–H and O–H groups in total. The zero-order valence-electron chi connectivity index (χ0n) is 9.67. The molecule has 1 heterocycles. The van der Waals surface area contributed by atoms with Gasteiger partial charge in [0.1, 0.15) is 0 Å². The second-order valence-electron chi connectivity index (χ2n) is 4.12. The first-order valence-electron chi connectivity index (χ1n) is 5.98. The molecule has 0 radical (unpaired) electrons. The van der Waals surface area contributed by atoms with Crippen molar-refractivity contribution in [2.24, 2.45) is 5.73 Å². The van der Waals surface area contributed by atoms with Crippen LogP contribution in [0.5, 0.6) is 0 Å². The second-order valence-corrected chi connectivity index (χ2v) is 4.12. The Kier molecular flexibility index (Phi) is 5.65. The monoisotopic (exact) mass is 213 g/mol. The standard InChI is InChI=1S/C11H23N3O/c1-2-13-11(15)6-8-14-7-4-3-5-10(14)9-12/h10H,2-9,12H2,1H3,(H,13,15). The topological polar surface area (TPSA) is 58.4 Å². The molecule has 0 aromatic heterocycles. The molecule has 4 heteroatoms. The van der Waals surface area contributed by atoms with Gasteiger partial charge in [-0.25, -0.2) is 0 Å². The minimum Gasteiger partial charge on any atom is -0.356 e. The Labute approximate surface area is 92.2 Å². The van der Waals surface area contributed by atoms with E-state index in [1.54, 1.807) is 0 Å². The molecule has 1 atom stereocenters. The number of carbonyl (C=O) groups is 1. The lowest BCUT2D eigenvalue weighted by molar-refractivity contribution is -0.121. The van der Waals surface area contributed by atoms with Crippen LogP contribution in [0.3, 0.4) is 0 Å². The molecule has 0 bridgehead atoms. The minimum atomic E-state index is 0.152. The lowest BCUT2D eigenvalue weighted by atomic mass is 10.0. The molecule has 1 amide bonds. The number of nitrogens with zero attached hydrogens (tertiary/aromatic N) is 1. The quantitative estimate of drug-likeness (QED) is 0.692. The summed E-state index contributed by atoms with van der Waals surface area (Å²) in [5.74, 6) is 0.152.